The third kappa shape index (κ3) is 1.69. The van der Waals surface area contributed by atoms with Crippen LogP contribution in [0.5, 0.6) is 0 Å². The molecule has 0 amide bonds. The molecule has 0 saturated carbocycles. The molecule has 2 N–H and O–H groups in total. The van der Waals surface area contributed by atoms with Crippen LogP contribution >= 0.6 is 0 Å². The fourth-order valence-corrected chi connectivity index (χ4v) is 1.55. The molecule has 0 aliphatic carbocycles. The highest BCUT2D eigenvalue weighted by Gasteiger charge is 2.08. The van der Waals surface area contributed by atoms with Crippen molar-refractivity contribution in [3.8, 4) is 0 Å². The molecule has 1 aromatic rings. The van der Waals surface area contributed by atoms with Crippen molar-refractivity contribution in [2.75, 3.05) is 5.73 Å². The van der Waals surface area contributed by atoms with Gasteiger partial charge in [0.15, 0.2) is 6.29 Å². The first-order valence-electron chi connectivity index (χ1n) is 4.59. The van der Waals surface area contributed by atoms with E-state index in [9.17, 15) is 4.79 Å². The van der Waals surface area contributed by atoms with Crippen molar-refractivity contribution in [3.63, 3.8) is 0 Å². The van der Waals surface area contributed by atoms with E-state index >= 15 is 0 Å². The number of aryl methyl sites for hydroxylation is 2. The van der Waals surface area contributed by atoms with Gasteiger partial charge in [-0.25, -0.2) is 0 Å². The monoisotopic (exact) mass is 189 g/mol. The molecule has 1 rings (SSSR count). The summed E-state index contributed by atoms with van der Waals surface area (Å²) in [6, 6.07) is 1.94. The number of rotatable bonds is 2. The summed E-state index contributed by atoms with van der Waals surface area (Å²) in [4.78, 5) is 10.9. The summed E-state index contributed by atoms with van der Waals surface area (Å²) in [5.74, 6) is 0. The average molecular weight is 189 g/mol. The van der Waals surface area contributed by atoms with E-state index in [2.05, 4.69) is 0 Å². The molecule has 74 valence electrons. The molecular weight excluding hydrogens is 174 g/mol. The number of nitrogens with two attached hydrogens (primary N) is 1. The first kappa shape index (κ1) is 10.5. The fraction of sp³-hybridized carbons (Fsp3) is 0.250. The van der Waals surface area contributed by atoms with Gasteiger partial charge in [0, 0.05) is 16.8 Å². The quantitative estimate of drug-likeness (QED) is 0.574. The lowest BCUT2D eigenvalue weighted by Crippen LogP contribution is -2.00. The third-order valence-corrected chi connectivity index (χ3v) is 2.31. The number of anilines is 1. The van der Waals surface area contributed by atoms with Gasteiger partial charge >= 0.3 is 0 Å². The van der Waals surface area contributed by atoms with Crippen molar-refractivity contribution in [3.05, 3.63) is 34.4 Å². The summed E-state index contributed by atoms with van der Waals surface area (Å²) in [7, 11) is 0. The van der Waals surface area contributed by atoms with Gasteiger partial charge < -0.3 is 5.73 Å². The second-order valence-corrected chi connectivity index (χ2v) is 3.37. The highest BCUT2D eigenvalue weighted by atomic mass is 16.1. The van der Waals surface area contributed by atoms with Crippen LogP contribution in [0.1, 0.15) is 34.0 Å². The largest absolute Gasteiger partial charge is 0.398 e. The van der Waals surface area contributed by atoms with Crippen LogP contribution in [-0.2, 0) is 0 Å². The maximum atomic E-state index is 10.9. The van der Waals surface area contributed by atoms with E-state index in [1.165, 1.54) is 0 Å². The van der Waals surface area contributed by atoms with Crippen LogP contribution < -0.4 is 5.73 Å². The lowest BCUT2D eigenvalue weighted by molar-refractivity contribution is 0.112. The number of hydrogen-bond donors (Lipinski definition) is 1. The van der Waals surface area contributed by atoms with Gasteiger partial charge in [-0.05, 0) is 31.9 Å². The van der Waals surface area contributed by atoms with Gasteiger partial charge in [0.05, 0.1) is 0 Å². The molecule has 0 fully saturated rings. The zero-order valence-electron chi connectivity index (χ0n) is 8.79. The zero-order chi connectivity index (χ0) is 10.7. The van der Waals surface area contributed by atoms with E-state index in [-0.39, 0.29) is 0 Å². The van der Waals surface area contributed by atoms with Crippen LogP contribution in [0.4, 0.5) is 5.69 Å². The van der Waals surface area contributed by atoms with Crippen LogP contribution in [-0.4, -0.2) is 6.29 Å². The van der Waals surface area contributed by atoms with Crippen LogP contribution in [0.2, 0.25) is 0 Å². The van der Waals surface area contributed by atoms with E-state index < -0.39 is 0 Å². The van der Waals surface area contributed by atoms with Crippen LogP contribution in [0, 0.1) is 13.8 Å². The van der Waals surface area contributed by atoms with Crippen molar-refractivity contribution in [1.82, 2.24) is 0 Å². The maximum Gasteiger partial charge on any atom is 0.150 e. The average Bonchev–Trinajstić information content (AvgIpc) is 2.14. The number of allylic oxidation sites excluding steroid dienone is 1. The molecular formula is C12H15NO. The van der Waals surface area contributed by atoms with E-state index in [0.29, 0.717) is 11.3 Å². The van der Waals surface area contributed by atoms with Crippen LogP contribution in [0.25, 0.3) is 6.08 Å². The highest BCUT2D eigenvalue weighted by Crippen LogP contribution is 2.25. The van der Waals surface area contributed by atoms with Gasteiger partial charge in [-0.3, -0.25) is 4.79 Å². The Morgan fingerprint density at radius 2 is 1.86 bits per heavy atom. The predicted molar refractivity (Wildman–Crippen MR) is 60.4 cm³/mol. The van der Waals surface area contributed by atoms with Crippen LogP contribution in [0.15, 0.2) is 12.1 Å². The number of nitrogen functional groups attached to an aromatic ring is 1. The Kier molecular flexibility index (Phi) is 3.07. The van der Waals surface area contributed by atoms with Gasteiger partial charge in [0.25, 0.3) is 0 Å². The minimum Gasteiger partial charge on any atom is -0.398 e. The Morgan fingerprint density at radius 3 is 2.36 bits per heavy atom. The second kappa shape index (κ2) is 4.09. The van der Waals surface area contributed by atoms with Gasteiger partial charge in [0.2, 0.25) is 0 Å². The van der Waals surface area contributed by atoms with E-state index in [0.717, 1.165) is 23.0 Å². The molecule has 14 heavy (non-hydrogen) atoms. The van der Waals surface area contributed by atoms with Crippen molar-refractivity contribution in [2.24, 2.45) is 0 Å². The number of carbonyl (C=O) groups is 1. The highest BCUT2D eigenvalue weighted by molar-refractivity contribution is 5.89. The molecule has 0 atom stereocenters. The number of aldehydes is 1. The van der Waals surface area contributed by atoms with Crippen molar-refractivity contribution >= 4 is 18.0 Å². The topological polar surface area (TPSA) is 43.1 Å². The van der Waals surface area contributed by atoms with E-state index in [1.807, 2.05) is 39.0 Å². The number of hydrogen-bond acceptors (Lipinski definition) is 2. The molecule has 0 aliphatic rings. The van der Waals surface area contributed by atoms with Crippen molar-refractivity contribution < 1.29 is 4.79 Å². The lowest BCUT2D eigenvalue weighted by atomic mass is 9.97. The fourth-order valence-electron chi connectivity index (χ4n) is 1.55. The summed E-state index contributed by atoms with van der Waals surface area (Å²) < 4.78 is 0. The zero-order valence-corrected chi connectivity index (χ0v) is 8.79. The number of carbonyl (C=O) groups excluding carboxylic acids is 1. The van der Waals surface area contributed by atoms with E-state index in [4.69, 9.17) is 5.73 Å². The molecule has 0 unspecified atom stereocenters. The van der Waals surface area contributed by atoms with Crippen molar-refractivity contribution in [1.29, 1.82) is 0 Å². The molecule has 0 bridgehead atoms. The standard InChI is InChI=1S/C12H15NO/c1-4-5-10-11(7-14)8(2)6-9(3)12(10)13/h4-7H,13H2,1-3H3/b5-4-. The summed E-state index contributed by atoms with van der Waals surface area (Å²) >= 11 is 0. The van der Waals surface area contributed by atoms with Gasteiger partial charge in [0.1, 0.15) is 0 Å². The van der Waals surface area contributed by atoms with Gasteiger partial charge in [-0.1, -0.05) is 18.2 Å². The van der Waals surface area contributed by atoms with Gasteiger partial charge in [-0.2, -0.15) is 0 Å². The molecule has 0 radical (unpaired) electrons. The smallest absolute Gasteiger partial charge is 0.150 e. The molecule has 0 aliphatic heterocycles. The molecule has 0 spiro atoms. The first-order valence-corrected chi connectivity index (χ1v) is 4.59. The minimum absolute atomic E-state index is 0.686. The summed E-state index contributed by atoms with van der Waals surface area (Å²) in [6.45, 7) is 5.78. The lowest BCUT2D eigenvalue weighted by Gasteiger charge is -2.10. The maximum absolute atomic E-state index is 10.9. The number of benzene rings is 1. The molecule has 0 saturated heterocycles. The molecule has 2 nitrogen and oxygen atoms in total. The Balaban J connectivity index is 3.55. The Labute approximate surface area is 84.4 Å². The molecule has 0 heterocycles. The Hall–Kier alpha value is -1.57. The third-order valence-electron chi connectivity index (χ3n) is 2.31. The van der Waals surface area contributed by atoms with E-state index in [1.54, 1.807) is 0 Å². The molecule has 2 heteroatoms. The molecule has 1 aromatic carbocycles. The molecule has 0 aromatic heterocycles. The summed E-state index contributed by atoms with van der Waals surface area (Å²) in [6.07, 6.45) is 4.62. The van der Waals surface area contributed by atoms with Gasteiger partial charge in [-0.15, -0.1) is 0 Å². The first-order chi connectivity index (χ1) is 6.61. The predicted octanol–water partition coefficient (Wildman–Crippen LogP) is 2.73. The second-order valence-electron chi connectivity index (χ2n) is 3.37. The Bertz CT molecular complexity index is 392. The van der Waals surface area contributed by atoms with Crippen LogP contribution in [0.3, 0.4) is 0 Å². The minimum atomic E-state index is 0.686. The summed E-state index contributed by atoms with van der Waals surface area (Å²) in [5, 5.41) is 0. The van der Waals surface area contributed by atoms with Crippen molar-refractivity contribution in [2.45, 2.75) is 20.8 Å². The Morgan fingerprint density at radius 1 is 1.21 bits per heavy atom. The SMILES string of the molecule is C/C=C\c1c(N)c(C)cc(C)c1C=O. The summed E-state index contributed by atoms with van der Waals surface area (Å²) in [5.41, 5.74) is 10.1. The normalized spacial score (nSPS) is 10.8.